The van der Waals surface area contributed by atoms with Crippen LogP contribution in [0.3, 0.4) is 0 Å². The van der Waals surface area contributed by atoms with Crippen molar-refractivity contribution in [3.05, 3.63) is 64.4 Å². The normalized spacial score (nSPS) is 16.1. The van der Waals surface area contributed by atoms with Crippen molar-refractivity contribution in [1.82, 2.24) is 20.0 Å². The van der Waals surface area contributed by atoms with Gasteiger partial charge in [-0.15, -0.1) is 0 Å². The molecule has 1 saturated heterocycles. The third kappa shape index (κ3) is 4.30. The smallest absolute Gasteiger partial charge is 0.402 e. The maximum Gasteiger partial charge on any atom is 0.491 e. The van der Waals surface area contributed by atoms with Crippen LogP contribution in [-0.2, 0) is 4.79 Å². The third-order valence-electron chi connectivity index (χ3n) is 5.93. The fraction of sp³-hybridized carbons (Fsp3) is 0.250. The van der Waals surface area contributed by atoms with E-state index in [0.717, 1.165) is 35.2 Å². The first kappa shape index (κ1) is 22.8. The van der Waals surface area contributed by atoms with Crippen LogP contribution in [0.15, 0.2) is 53.3 Å². The first-order valence-corrected chi connectivity index (χ1v) is 10.9. The van der Waals surface area contributed by atoms with Crippen LogP contribution in [0.4, 0.5) is 13.2 Å². The Morgan fingerprint density at radius 3 is 2.57 bits per heavy atom. The Morgan fingerprint density at radius 2 is 1.89 bits per heavy atom. The highest BCUT2D eigenvalue weighted by Crippen LogP contribution is 2.25. The fourth-order valence-corrected chi connectivity index (χ4v) is 4.21. The molecule has 5 rings (SSSR count). The molecule has 0 bridgehead atoms. The van der Waals surface area contributed by atoms with Gasteiger partial charge >= 0.3 is 12.1 Å². The molecule has 1 aliphatic heterocycles. The van der Waals surface area contributed by atoms with Crippen LogP contribution in [0, 0.1) is 0 Å². The number of carbonyl (C=O) groups excluding carboxylic acids is 2. The van der Waals surface area contributed by atoms with Gasteiger partial charge in [0.05, 0.1) is 16.5 Å². The van der Waals surface area contributed by atoms with Crippen LogP contribution >= 0.6 is 0 Å². The Hall–Kier alpha value is -3.99. The minimum atomic E-state index is -5.28. The van der Waals surface area contributed by atoms with Gasteiger partial charge in [-0.2, -0.15) is 13.2 Å². The molecule has 8 nitrogen and oxygen atoms in total. The molecule has 1 amide bonds. The van der Waals surface area contributed by atoms with Gasteiger partial charge in [0.1, 0.15) is 0 Å². The molecule has 0 spiro atoms. The molecule has 2 aromatic carbocycles. The number of nitrogens with one attached hydrogen (secondary N) is 2. The van der Waals surface area contributed by atoms with E-state index in [-0.39, 0.29) is 28.2 Å². The van der Waals surface area contributed by atoms with E-state index in [1.807, 2.05) is 12.1 Å². The number of nitrogens with zero attached hydrogens (tertiary/aromatic N) is 2. The number of rotatable bonds is 4. The van der Waals surface area contributed by atoms with Gasteiger partial charge in [-0.05, 0) is 48.4 Å². The number of pyridine rings is 1. The maximum absolute atomic E-state index is 13.4. The summed E-state index contributed by atoms with van der Waals surface area (Å²) in [6.07, 6.45) is -3.40. The van der Waals surface area contributed by atoms with Gasteiger partial charge in [-0.3, -0.25) is 9.59 Å². The fourth-order valence-electron chi connectivity index (χ4n) is 4.21. The zero-order valence-corrected chi connectivity index (χ0v) is 18.2. The van der Waals surface area contributed by atoms with E-state index >= 15 is 0 Å². The van der Waals surface area contributed by atoms with E-state index in [9.17, 15) is 27.6 Å². The zero-order chi connectivity index (χ0) is 24.7. The van der Waals surface area contributed by atoms with Crippen molar-refractivity contribution in [2.45, 2.75) is 25.1 Å². The quantitative estimate of drug-likeness (QED) is 0.341. The molecular weight excluding hydrogens is 465 g/mol. The number of hydrogen-bond donors (Lipinski definition) is 2. The van der Waals surface area contributed by atoms with E-state index in [2.05, 4.69) is 20.4 Å². The highest BCUT2D eigenvalue weighted by molar-refractivity contribution is 6.02. The second-order valence-corrected chi connectivity index (χ2v) is 8.27. The van der Waals surface area contributed by atoms with Crippen molar-refractivity contribution in [2.75, 3.05) is 13.1 Å². The summed E-state index contributed by atoms with van der Waals surface area (Å²) in [5.74, 6) is -3.74. The molecule has 0 saturated carbocycles. The minimum absolute atomic E-state index is 0.0398. The van der Waals surface area contributed by atoms with Gasteiger partial charge in [-0.25, -0.2) is 14.2 Å². The zero-order valence-electron chi connectivity index (χ0n) is 18.2. The number of fused-ring (bicyclic) bond motifs is 3. The standard InChI is InChI=1S/C24H19F3N4O4/c25-24(26,27)23(34)35-19-8-7-16(21(32)29-12-15-6-3-9-28-15)20-30-18-11-14-5-2-1-4-13(14)10-17(18)22(33)31(19)20/h1-2,4-5,7-8,10-11,15,28H,3,6,9,12H2,(H,29,32). The summed E-state index contributed by atoms with van der Waals surface area (Å²) in [5.41, 5.74) is -0.781. The first-order chi connectivity index (χ1) is 16.7. The topological polar surface area (TPSA) is 102 Å². The lowest BCUT2D eigenvalue weighted by molar-refractivity contribution is -0.190. The Balaban J connectivity index is 1.69. The van der Waals surface area contributed by atoms with Crippen LogP contribution < -0.4 is 20.9 Å². The molecule has 1 unspecified atom stereocenters. The van der Waals surface area contributed by atoms with E-state index in [4.69, 9.17) is 0 Å². The number of alkyl halides is 3. The van der Waals surface area contributed by atoms with Crippen molar-refractivity contribution in [3.8, 4) is 5.88 Å². The monoisotopic (exact) mass is 484 g/mol. The number of benzene rings is 2. The first-order valence-electron chi connectivity index (χ1n) is 10.9. The lowest BCUT2D eigenvalue weighted by Crippen LogP contribution is -2.37. The van der Waals surface area contributed by atoms with Crippen LogP contribution in [0.2, 0.25) is 0 Å². The van der Waals surface area contributed by atoms with Gasteiger partial charge in [0.25, 0.3) is 11.5 Å². The molecular formula is C24H19F3N4O4. The Kier molecular flexibility index (Phi) is 5.64. The van der Waals surface area contributed by atoms with Crippen LogP contribution in [0.25, 0.3) is 27.3 Å². The Morgan fingerprint density at radius 1 is 1.14 bits per heavy atom. The molecule has 4 aromatic rings. The van der Waals surface area contributed by atoms with Gasteiger partial charge in [0, 0.05) is 18.7 Å². The van der Waals surface area contributed by atoms with Crippen LogP contribution in [-0.4, -0.2) is 46.6 Å². The number of ether oxygens (including phenoxy) is 1. The highest BCUT2D eigenvalue weighted by Gasteiger charge is 2.42. The second-order valence-electron chi connectivity index (χ2n) is 8.27. The molecule has 1 atom stereocenters. The Bertz CT molecular complexity index is 1540. The SMILES string of the molecule is O=C(NCC1CCCN1)c1ccc(OC(=O)C(F)(F)F)n2c(=O)c3cc4ccccc4cc3nc12. The average molecular weight is 484 g/mol. The maximum atomic E-state index is 13.4. The number of aromatic nitrogens is 2. The summed E-state index contributed by atoms with van der Waals surface area (Å²) in [5, 5.41) is 7.61. The minimum Gasteiger partial charge on any atom is -0.402 e. The number of esters is 1. The molecule has 35 heavy (non-hydrogen) atoms. The molecule has 0 radical (unpaired) electrons. The van der Waals surface area contributed by atoms with E-state index in [1.54, 1.807) is 24.3 Å². The van der Waals surface area contributed by atoms with Gasteiger partial charge < -0.3 is 15.4 Å². The van der Waals surface area contributed by atoms with Crippen molar-refractivity contribution in [3.63, 3.8) is 0 Å². The van der Waals surface area contributed by atoms with Crippen molar-refractivity contribution in [1.29, 1.82) is 0 Å². The van der Waals surface area contributed by atoms with Crippen molar-refractivity contribution < 1.29 is 27.5 Å². The third-order valence-corrected chi connectivity index (χ3v) is 5.93. The van der Waals surface area contributed by atoms with E-state index in [0.29, 0.717) is 11.9 Å². The predicted octanol–water partition coefficient (Wildman–Crippen LogP) is 2.95. The molecule has 11 heteroatoms. The van der Waals surface area contributed by atoms with E-state index < -0.39 is 29.5 Å². The summed E-state index contributed by atoms with van der Waals surface area (Å²) in [6.45, 7) is 1.18. The molecule has 0 aliphatic carbocycles. The van der Waals surface area contributed by atoms with Crippen molar-refractivity contribution in [2.24, 2.45) is 0 Å². The summed E-state index contributed by atoms with van der Waals surface area (Å²) in [4.78, 5) is 42.4. The lowest BCUT2D eigenvalue weighted by atomic mass is 10.1. The number of carbonyl (C=O) groups is 2. The van der Waals surface area contributed by atoms with Gasteiger partial charge in [0.15, 0.2) is 5.65 Å². The Labute approximate surface area is 195 Å². The lowest BCUT2D eigenvalue weighted by Gasteiger charge is -2.15. The van der Waals surface area contributed by atoms with Gasteiger partial charge in [-0.1, -0.05) is 24.3 Å². The van der Waals surface area contributed by atoms with Crippen molar-refractivity contribution >= 4 is 39.2 Å². The molecule has 180 valence electrons. The largest absolute Gasteiger partial charge is 0.491 e. The highest BCUT2D eigenvalue weighted by atomic mass is 19.4. The number of hydrogen-bond acceptors (Lipinski definition) is 6. The summed E-state index contributed by atoms with van der Waals surface area (Å²) in [6, 6.07) is 12.7. The molecule has 2 aromatic heterocycles. The summed E-state index contributed by atoms with van der Waals surface area (Å²) in [7, 11) is 0. The van der Waals surface area contributed by atoms with Gasteiger partial charge in [0.2, 0.25) is 5.88 Å². The molecule has 1 fully saturated rings. The number of halogens is 3. The predicted molar refractivity (Wildman–Crippen MR) is 122 cm³/mol. The molecule has 3 heterocycles. The van der Waals surface area contributed by atoms with E-state index in [1.165, 1.54) is 6.07 Å². The summed E-state index contributed by atoms with van der Waals surface area (Å²) >= 11 is 0. The number of amides is 1. The molecule has 1 aliphatic rings. The average Bonchev–Trinajstić information content (AvgIpc) is 3.35. The van der Waals surface area contributed by atoms with Crippen LogP contribution in [0.5, 0.6) is 5.88 Å². The second kappa shape index (κ2) is 8.66. The molecule has 2 N–H and O–H groups in total. The summed E-state index contributed by atoms with van der Waals surface area (Å²) < 4.78 is 43.8. The van der Waals surface area contributed by atoms with Crippen LogP contribution in [0.1, 0.15) is 23.2 Å².